The number of nitrogens with one attached hydrogen (secondary N) is 2. The van der Waals surface area contributed by atoms with Gasteiger partial charge in [0.05, 0.1) is 16.6 Å². The molecular weight excluding hydrogens is 1120 g/mol. The number of allylic oxidation sites excluding steroid dienone is 1. The largest absolute Gasteiger partial charge is 0.448 e. The van der Waals surface area contributed by atoms with Gasteiger partial charge in [-0.25, -0.2) is 14.5 Å². The zero-order valence-corrected chi connectivity index (χ0v) is 48.0. The minimum absolute atomic E-state index is 0.115. The van der Waals surface area contributed by atoms with Gasteiger partial charge in [-0.15, -0.1) is 16.4 Å². The summed E-state index contributed by atoms with van der Waals surface area (Å²) in [6.45, 7) is 0. The molecule has 2 aliphatic heterocycles. The Hall–Kier alpha value is -9.88. The summed E-state index contributed by atoms with van der Waals surface area (Å²) < 4.78 is 22.7. The molecule has 3 unspecified atom stereocenters. The third-order valence-electron chi connectivity index (χ3n) is 14.8. The van der Waals surface area contributed by atoms with Gasteiger partial charge in [0.2, 0.25) is 10.8 Å². The number of oxime groups is 1. The Morgan fingerprint density at radius 3 is 1.60 bits per heavy atom. The molecule has 4 heterocycles. The summed E-state index contributed by atoms with van der Waals surface area (Å²) in [4.78, 5) is 59.0. The molecule has 0 bridgehead atoms. The van der Waals surface area contributed by atoms with Gasteiger partial charge in [0.15, 0.2) is 16.9 Å². The molecule has 2 aromatic heterocycles. The van der Waals surface area contributed by atoms with Crippen LogP contribution in [-0.2, 0) is 52.9 Å². The summed E-state index contributed by atoms with van der Waals surface area (Å²) in [5.41, 5.74) is 3.87. The van der Waals surface area contributed by atoms with Gasteiger partial charge in [-0.3, -0.25) is 18.7 Å². The number of aromatic nitrogens is 5. The predicted molar refractivity (Wildman–Crippen MR) is 329 cm³/mol. The number of anilines is 1. The van der Waals surface area contributed by atoms with E-state index in [-0.39, 0.29) is 28.4 Å². The second-order valence-electron chi connectivity index (χ2n) is 19.9. The lowest BCUT2D eigenvalue weighted by atomic mass is 9.77. The molecule has 0 radical (unpaired) electrons. The van der Waals surface area contributed by atoms with Crippen LogP contribution in [0, 0.1) is 0 Å². The van der Waals surface area contributed by atoms with E-state index in [2.05, 4.69) is 62.6 Å². The highest BCUT2D eigenvalue weighted by Gasteiger charge is 2.58. The van der Waals surface area contributed by atoms with Crippen LogP contribution in [0.15, 0.2) is 281 Å². The number of hydrogen-bond acceptors (Lipinski definition) is 14. The highest BCUT2D eigenvalue weighted by molar-refractivity contribution is 8.02. The summed E-state index contributed by atoms with van der Waals surface area (Å²) in [7, 11) is -0.194. The van der Waals surface area contributed by atoms with Gasteiger partial charge in [0.1, 0.15) is 28.3 Å². The van der Waals surface area contributed by atoms with Crippen LogP contribution in [0.25, 0.3) is 0 Å². The van der Waals surface area contributed by atoms with Gasteiger partial charge in [0, 0.05) is 29.1 Å². The zero-order chi connectivity index (χ0) is 58.2. The van der Waals surface area contributed by atoms with Gasteiger partial charge < -0.3 is 20.2 Å². The van der Waals surface area contributed by atoms with Crippen molar-refractivity contribution < 1.29 is 28.2 Å². The van der Waals surface area contributed by atoms with E-state index in [0.717, 1.165) is 16.7 Å². The van der Waals surface area contributed by atoms with Gasteiger partial charge in [-0.05, 0) is 55.3 Å². The van der Waals surface area contributed by atoms with Gasteiger partial charge in [-0.2, -0.15) is 0 Å². The average molecular weight is 1180 g/mol. The molecule has 2 N–H and O–H groups in total. The Morgan fingerprint density at radius 2 is 1.14 bits per heavy atom. The maximum absolute atomic E-state index is 15.6. The third-order valence-corrected chi connectivity index (χ3v) is 18.0. The molecule has 0 spiro atoms. The van der Waals surface area contributed by atoms with Gasteiger partial charge >= 0.3 is 5.97 Å². The molecule has 10 aromatic rings. The summed E-state index contributed by atoms with van der Waals surface area (Å²) >= 11 is 2.43. The summed E-state index contributed by atoms with van der Waals surface area (Å²) in [5, 5.41) is 26.3. The molecule has 1 fully saturated rings. The smallest absolute Gasteiger partial charge is 0.356 e. The first kappa shape index (κ1) is 55.6. The molecule has 12 rings (SSSR count). The van der Waals surface area contributed by atoms with E-state index >= 15 is 9.59 Å². The number of thioether (sulfide) groups is 1. The third kappa shape index (κ3) is 11.1. The predicted octanol–water partition coefficient (Wildman–Crippen LogP) is 11.1. The van der Waals surface area contributed by atoms with E-state index < -0.39 is 57.2 Å². The molecule has 3 atom stereocenters. The molecule has 8 aromatic carbocycles. The second kappa shape index (κ2) is 24.9. The lowest BCUT2D eigenvalue weighted by Gasteiger charge is -2.49. The van der Waals surface area contributed by atoms with E-state index in [1.54, 1.807) is 23.9 Å². The molecule has 1 saturated heterocycles. The monoisotopic (exact) mass is 1180 g/mol. The Kier molecular flexibility index (Phi) is 16.3. The van der Waals surface area contributed by atoms with Crippen LogP contribution >= 0.6 is 23.1 Å². The lowest BCUT2D eigenvalue weighted by molar-refractivity contribution is -0.154. The number of fused-ring (bicyclic) bond motifs is 1. The highest BCUT2D eigenvalue weighted by atomic mass is 32.2. The number of carbonyl (C=O) groups excluding carboxylic acids is 3. The topological polar surface area (TPSA) is 183 Å². The van der Waals surface area contributed by atoms with E-state index in [1.807, 2.05) is 206 Å². The number of ether oxygens (including phenoxy) is 1. The minimum Gasteiger partial charge on any atom is -0.448 e. The zero-order valence-electron chi connectivity index (χ0n) is 45.6. The normalized spacial score (nSPS) is 16.2. The number of nitrogens with zero attached hydrogens (tertiary/aromatic N) is 7. The number of aryl methyl sites for hydroxylation is 1. The molecule has 2 amide bonds. The average Bonchev–Trinajstić information content (AvgIpc) is 1.33. The number of thiazole rings is 1. The van der Waals surface area contributed by atoms with Crippen molar-refractivity contribution >= 4 is 62.5 Å². The molecule has 85 heavy (non-hydrogen) atoms. The van der Waals surface area contributed by atoms with Crippen molar-refractivity contribution in [2.24, 2.45) is 12.2 Å². The van der Waals surface area contributed by atoms with Crippen molar-refractivity contribution in [2.75, 3.05) is 11.1 Å². The van der Waals surface area contributed by atoms with Crippen LogP contribution in [0.2, 0.25) is 0 Å². The summed E-state index contributed by atoms with van der Waals surface area (Å²) in [5.74, 6) is -2.56. The summed E-state index contributed by atoms with van der Waals surface area (Å²) in [6.07, 6.45) is 0.730. The fourth-order valence-electron chi connectivity index (χ4n) is 10.8. The van der Waals surface area contributed by atoms with E-state index in [9.17, 15) is 9.00 Å². The molecule has 420 valence electrons. The number of tetrazole rings is 1. The molecule has 2 aliphatic rings. The SMILES string of the molecule is Cn1nnnc1S/C=C/C1=C(C(=O)OC(c2ccccc2)c2ccccc2)N2C(=O)C(NC(=O)/C(=N/OC(c3ccccc3)(c3ccccc3)c3ccccc3)c3csc(NC(c4ccccc4)(c4ccccc4)c4ccccc4)n3)C2S(=O)C1. The number of rotatable bonds is 20. The Bertz CT molecular complexity index is 3850. The van der Waals surface area contributed by atoms with E-state index in [1.165, 1.54) is 32.7 Å². The Morgan fingerprint density at radius 1 is 0.682 bits per heavy atom. The van der Waals surface area contributed by atoms with E-state index in [4.69, 9.17) is 19.7 Å². The Labute approximate surface area is 501 Å². The first-order valence-corrected chi connectivity index (χ1v) is 30.3. The number of benzene rings is 8. The number of β-lactam (4-membered cyclic amide) rings is 1. The van der Waals surface area contributed by atoms with Gasteiger partial charge in [0.25, 0.3) is 11.8 Å². The van der Waals surface area contributed by atoms with Crippen molar-refractivity contribution in [3.05, 3.63) is 321 Å². The standard InChI is InChI=1S/C67H53N9O6S3/c1-75-65(71-73-74-75)83-43-42-48-45-85(80)62-57(61(78)76(62)58(48)63(79)81-59(46-26-10-2-11-27-46)47-28-12-3-13-29-47)69-60(77)56(72-82-67(52-36-20-7-21-37-52,53-38-22-8-23-39-53)54-40-24-9-25-41-54)55-44-84-64(68-55)70-66(49-30-14-4-15-31-49,50-32-16-5-17-33-50)51-34-18-6-19-35-51/h2-44,57,59,62H,45H2,1H3,(H,68,70)(H,69,77)/b43-42+,72-56+. The van der Waals surface area contributed by atoms with Crippen LogP contribution in [0.3, 0.4) is 0 Å². The minimum atomic E-state index is -1.88. The van der Waals surface area contributed by atoms with Gasteiger partial charge in [-0.1, -0.05) is 260 Å². The highest BCUT2D eigenvalue weighted by Crippen LogP contribution is 2.44. The molecule has 15 nitrogen and oxygen atoms in total. The second-order valence-corrected chi connectivity index (χ2v) is 23.1. The van der Waals surface area contributed by atoms with E-state index in [0.29, 0.717) is 38.1 Å². The van der Waals surface area contributed by atoms with Crippen LogP contribution in [0.5, 0.6) is 0 Å². The molecule has 0 aliphatic carbocycles. The Balaban J connectivity index is 0.947. The quantitative estimate of drug-likeness (QED) is 0.0184. The first-order chi connectivity index (χ1) is 41.7. The number of esters is 1. The molecule has 0 saturated carbocycles. The van der Waals surface area contributed by atoms with Crippen LogP contribution < -0.4 is 10.6 Å². The number of amides is 2. The maximum Gasteiger partial charge on any atom is 0.356 e. The van der Waals surface area contributed by atoms with Crippen LogP contribution in [-0.4, -0.2) is 75.0 Å². The maximum atomic E-state index is 15.6. The van der Waals surface area contributed by atoms with Crippen molar-refractivity contribution in [1.82, 2.24) is 35.4 Å². The van der Waals surface area contributed by atoms with Crippen LogP contribution in [0.1, 0.15) is 56.3 Å². The first-order valence-electron chi connectivity index (χ1n) is 27.2. The van der Waals surface area contributed by atoms with Crippen molar-refractivity contribution in [2.45, 2.75) is 33.8 Å². The van der Waals surface area contributed by atoms with Crippen molar-refractivity contribution in [1.29, 1.82) is 0 Å². The van der Waals surface area contributed by atoms with Crippen LogP contribution in [0.4, 0.5) is 5.13 Å². The lowest BCUT2D eigenvalue weighted by Crippen LogP contribution is -2.74. The number of hydrogen-bond donors (Lipinski definition) is 2. The fourth-order valence-corrected chi connectivity index (χ4v) is 13.8. The number of carbonyl (C=O) groups is 3. The molecule has 18 heteroatoms. The van der Waals surface area contributed by atoms with Crippen molar-refractivity contribution in [3.8, 4) is 0 Å². The van der Waals surface area contributed by atoms with Crippen molar-refractivity contribution in [3.63, 3.8) is 0 Å². The fraction of sp³-hybridized carbons (Fsp3) is 0.104. The molecular formula is C67H53N9O6S3. The summed E-state index contributed by atoms with van der Waals surface area (Å²) in [6, 6.07) is 76.1.